The van der Waals surface area contributed by atoms with E-state index in [0.717, 1.165) is 12.8 Å². The van der Waals surface area contributed by atoms with Crippen molar-refractivity contribution in [2.24, 2.45) is 23.2 Å². The lowest BCUT2D eigenvalue weighted by Crippen LogP contribution is -2.39. The maximum Gasteiger partial charge on any atom is 0.311 e. The molecular weight excluding hydrogens is 224 g/mol. The molecule has 0 aliphatic heterocycles. The first-order chi connectivity index (χ1) is 8.27. The summed E-state index contributed by atoms with van der Waals surface area (Å²) in [6.45, 7) is 12.8. The number of esters is 1. The van der Waals surface area contributed by atoms with Crippen molar-refractivity contribution in [1.82, 2.24) is 0 Å². The molecule has 1 rings (SSSR count). The van der Waals surface area contributed by atoms with Gasteiger partial charge < -0.3 is 4.74 Å². The van der Waals surface area contributed by atoms with Crippen molar-refractivity contribution in [3.8, 4) is 0 Å². The van der Waals surface area contributed by atoms with Crippen LogP contribution in [0.4, 0.5) is 0 Å². The van der Waals surface area contributed by atoms with Gasteiger partial charge in [0.15, 0.2) is 0 Å². The SMILES string of the molecule is CCC(C)(C)C(=O)OC1CC(C)CCC1C(C)C. The minimum absolute atomic E-state index is 0.0187. The average molecular weight is 254 g/mol. The zero-order valence-corrected chi connectivity index (χ0v) is 13.0. The summed E-state index contributed by atoms with van der Waals surface area (Å²) in [5, 5.41) is 0. The van der Waals surface area contributed by atoms with E-state index in [-0.39, 0.29) is 17.5 Å². The van der Waals surface area contributed by atoms with Gasteiger partial charge in [-0.25, -0.2) is 0 Å². The van der Waals surface area contributed by atoms with Crippen LogP contribution in [0, 0.1) is 23.2 Å². The molecule has 0 radical (unpaired) electrons. The second kappa shape index (κ2) is 6.08. The Hall–Kier alpha value is -0.530. The highest BCUT2D eigenvalue weighted by Crippen LogP contribution is 2.36. The van der Waals surface area contributed by atoms with Gasteiger partial charge in [0.05, 0.1) is 5.41 Å². The highest BCUT2D eigenvalue weighted by molar-refractivity contribution is 5.76. The van der Waals surface area contributed by atoms with Crippen molar-refractivity contribution in [3.63, 3.8) is 0 Å². The Morgan fingerprint density at radius 2 is 1.94 bits per heavy atom. The first kappa shape index (κ1) is 15.5. The maximum absolute atomic E-state index is 12.2. The molecule has 0 N–H and O–H groups in total. The van der Waals surface area contributed by atoms with Crippen LogP contribution in [0.3, 0.4) is 0 Å². The predicted octanol–water partition coefficient (Wildman–Crippen LogP) is 4.43. The van der Waals surface area contributed by atoms with Crippen LogP contribution in [0.5, 0.6) is 0 Å². The van der Waals surface area contributed by atoms with Gasteiger partial charge >= 0.3 is 5.97 Å². The molecule has 0 spiro atoms. The number of hydrogen-bond acceptors (Lipinski definition) is 2. The Labute approximate surface area is 112 Å². The van der Waals surface area contributed by atoms with Gasteiger partial charge in [0.25, 0.3) is 0 Å². The summed E-state index contributed by atoms with van der Waals surface area (Å²) in [5.41, 5.74) is -0.345. The number of ether oxygens (including phenoxy) is 1. The Balaban J connectivity index is 2.69. The van der Waals surface area contributed by atoms with Gasteiger partial charge in [-0.15, -0.1) is 0 Å². The highest BCUT2D eigenvalue weighted by atomic mass is 16.5. The molecule has 0 heterocycles. The standard InChI is InChI=1S/C16H30O2/c1-7-16(5,6)15(17)18-14-10-12(4)8-9-13(14)11(2)3/h11-14H,7-10H2,1-6H3. The lowest BCUT2D eigenvalue weighted by molar-refractivity contribution is -0.166. The Bertz CT molecular complexity index is 281. The fourth-order valence-electron chi connectivity index (χ4n) is 2.69. The fraction of sp³-hybridized carbons (Fsp3) is 0.938. The van der Waals surface area contributed by atoms with E-state index in [1.54, 1.807) is 0 Å². The van der Waals surface area contributed by atoms with Gasteiger partial charge in [-0.3, -0.25) is 4.79 Å². The van der Waals surface area contributed by atoms with E-state index < -0.39 is 0 Å². The van der Waals surface area contributed by atoms with E-state index in [1.807, 2.05) is 20.8 Å². The lowest BCUT2D eigenvalue weighted by atomic mass is 9.75. The Kier molecular flexibility index (Phi) is 5.24. The monoisotopic (exact) mass is 254 g/mol. The molecule has 0 saturated heterocycles. The summed E-state index contributed by atoms with van der Waals surface area (Å²) in [7, 11) is 0. The Morgan fingerprint density at radius 3 is 2.44 bits per heavy atom. The van der Waals surface area contributed by atoms with E-state index in [9.17, 15) is 4.79 Å². The van der Waals surface area contributed by atoms with E-state index in [4.69, 9.17) is 4.74 Å². The molecule has 0 bridgehead atoms. The lowest BCUT2D eigenvalue weighted by Gasteiger charge is -2.38. The quantitative estimate of drug-likeness (QED) is 0.694. The third-order valence-corrected chi connectivity index (χ3v) is 4.66. The van der Waals surface area contributed by atoms with Gasteiger partial charge in [0.1, 0.15) is 6.10 Å². The molecule has 2 heteroatoms. The zero-order valence-electron chi connectivity index (χ0n) is 13.0. The summed E-state index contributed by atoms with van der Waals surface area (Å²) < 4.78 is 5.85. The molecule has 18 heavy (non-hydrogen) atoms. The summed E-state index contributed by atoms with van der Waals surface area (Å²) in [5.74, 6) is 1.80. The second-order valence-electron chi connectivity index (χ2n) is 7.01. The molecule has 0 aromatic rings. The average Bonchev–Trinajstić information content (AvgIpc) is 2.28. The van der Waals surface area contributed by atoms with E-state index in [0.29, 0.717) is 17.8 Å². The van der Waals surface area contributed by atoms with E-state index in [1.165, 1.54) is 12.8 Å². The molecule has 0 aromatic carbocycles. The zero-order chi connectivity index (χ0) is 13.9. The molecule has 1 fully saturated rings. The van der Waals surface area contributed by atoms with Crippen molar-refractivity contribution < 1.29 is 9.53 Å². The molecular formula is C16H30O2. The van der Waals surface area contributed by atoms with Crippen LogP contribution in [0.25, 0.3) is 0 Å². The van der Waals surface area contributed by atoms with Crippen LogP contribution in [0.1, 0.15) is 67.2 Å². The topological polar surface area (TPSA) is 26.3 Å². The molecule has 0 aromatic heterocycles. The van der Waals surface area contributed by atoms with Crippen molar-refractivity contribution in [1.29, 1.82) is 0 Å². The molecule has 3 atom stereocenters. The normalized spacial score (nSPS) is 29.4. The molecule has 3 unspecified atom stereocenters. The van der Waals surface area contributed by atoms with Crippen molar-refractivity contribution in [2.75, 3.05) is 0 Å². The van der Waals surface area contributed by atoms with Gasteiger partial charge in [-0.1, -0.05) is 34.1 Å². The molecule has 0 amide bonds. The number of carbonyl (C=O) groups excluding carboxylic acids is 1. The minimum Gasteiger partial charge on any atom is -0.462 e. The Morgan fingerprint density at radius 1 is 1.33 bits per heavy atom. The molecule has 106 valence electrons. The smallest absolute Gasteiger partial charge is 0.311 e. The first-order valence-electron chi connectivity index (χ1n) is 7.49. The third kappa shape index (κ3) is 3.73. The number of rotatable bonds is 4. The van der Waals surface area contributed by atoms with E-state index >= 15 is 0 Å². The van der Waals surface area contributed by atoms with E-state index in [2.05, 4.69) is 20.8 Å². The van der Waals surface area contributed by atoms with Crippen molar-refractivity contribution in [3.05, 3.63) is 0 Å². The fourth-order valence-corrected chi connectivity index (χ4v) is 2.69. The first-order valence-corrected chi connectivity index (χ1v) is 7.49. The van der Waals surface area contributed by atoms with Gasteiger partial charge in [-0.2, -0.15) is 0 Å². The van der Waals surface area contributed by atoms with Crippen LogP contribution in [-0.4, -0.2) is 12.1 Å². The third-order valence-electron chi connectivity index (χ3n) is 4.66. The van der Waals surface area contributed by atoms with Crippen molar-refractivity contribution >= 4 is 5.97 Å². The van der Waals surface area contributed by atoms with Crippen LogP contribution < -0.4 is 0 Å². The van der Waals surface area contributed by atoms with Gasteiger partial charge in [-0.05, 0) is 50.9 Å². The van der Waals surface area contributed by atoms with Gasteiger partial charge in [0, 0.05) is 0 Å². The molecule has 1 aliphatic carbocycles. The second-order valence-corrected chi connectivity index (χ2v) is 7.01. The summed E-state index contributed by atoms with van der Waals surface area (Å²) in [6.07, 6.45) is 4.47. The predicted molar refractivity (Wildman–Crippen MR) is 75.3 cm³/mol. The molecule has 1 saturated carbocycles. The summed E-state index contributed by atoms with van der Waals surface area (Å²) in [6, 6.07) is 0. The van der Waals surface area contributed by atoms with Gasteiger partial charge in [0.2, 0.25) is 0 Å². The highest BCUT2D eigenvalue weighted by Gasteiger charge is 2.36. The molecule has 1 aliphatic rings. The van der Waals surface area contributed by atoms with Crippen LogP contribution in [0.15, 0.2) is 0 Å². The largest absolute Gasteiger partial charge is 0.462 e. The maximum atomic E-state index is 12.2. The van der Waals surface area contributed by atoms with Crippen LogP contribution >= 0.6 is 0 Å². The minimum atomic E-state index is -0.345. The number of carbonyl (C=O) groups is 1. The summed E-state index contributed by atoms with van der Waals surface area (Å²) in [4.78, 5) is 12.2. The van der Waals surface area contributed by atoms with Crippen molar-refractivity contribution in [2.45, 2.75) is 73.3 Å². The number of hydrogen-bond donors (Lipinski definition) is 0. The molecule has 2 nitrogen and oxygen atoms in total. The van der Waals surface area contributed by atoms with Crippen LogP contribution in [0.2, 0.25) is 0 Å². The summed E-state index contributed by atoms with van der Waals surface area (Å²) >= 11 is 0. The van der Waals surface area contributed by atoms with Crippen LogP contribution in [-0.2, 0) is 9.53 Å².